The monoisotopic (exact) mass is 524 g/mol. The first-order valence-electron chi connectivity index (χ1n) is 10.7. The van der Waals surface area contributed by atoms with Crippen molar-refractivity contribution in [1.29, 1.82) is 0 Å². The minimum absolute atomic E-state index is 0.207. The Morgan fingerprint density at radius 3 is 2.56 bits per heavy atom. The zero-order chi connectivity index (χ0) is 24.6. The number of piperidine rings is 1. The second-order valence-electron chi connectivity index (χ2n) is 8.28. The van der Waals surface area contributed by atoms with Crippen LogP contribution >= 0.6 is 22.9 Å². The first kappa shape index (κ1) is 24.5. The number of aryl methyl sites for hydroxylation is 1. The molecule has 3 aromatic rings. The van der Waals surface area contributed by atoms with E-state index >= 15 is 0 Å². The molecule has 1 fully saturated rings. The van der Waals surface area contributed by atoms with Crippen molar-refractivity contribution < 1.29 is 23.1 Å². The minimum Gasteiger partial charge on any atom is -0.464 e. The van der Waals surface area contributed by atoms with Crippen molar-refractivity contribution in [2.75, 3.05) is 25.9 Å². The van der Waals surface area contributed by atoms with E-state index < -0.39 is 21.7 Å². The van der Waals surface area contributed by atoms with Gasteiger partial charge in [-0.15, -0.1) is 11.3 Å². The van der Waals surface area contributed by atoms with Gasteiger partial charge in [0.1, 0.15) is 5.03 Å². The average molecular weight is 525 g/mol. The number of hydrogen-bond acceptors (Lipinski definition) is 6. The van der Waals surface area contributed by atoms with Crippen LogP contribution in [0.2, 0.25) is 5.02 Å². The average Bonchev–Trinajstić information content (AvgIpc) is 3.38. The number of fused-ring (bicyclic) bond motifs is 1. The summed E-state index contributed by atoms with van der Waals surface area (Å²) in [6.07, 6.45) is 2.06. The summed E-state index contributed by atoms with van der Waals surface area (Å²) in [7, 11) is -0.305. The van der Waals surface area contributed by atoms with Crippen LogP contribution in [0.3, 0.4) is 0 Å². The first-order valence-corrected chi connectivity index (χ1v) is 13.6. The summed E-state index contributed by atoms with van der Waals surface area (Å²) in [5.74, 6) is -0.368. The van der Waals surface area contributed by atoms with Gasteiger partial charge < -0.3 is 14.6 Å². The Hall–Kier alpha value is -2.63. The van der Waals surface area contributed by atoms with E-state index in [4.69, 9.17) is 11.6 Å². The highest BCUT2D eigenvalue weighted by Gasteiger charge is 2.29. The molecule has 12 heteroatoms. The van der Waals surface area contributed by atoms with Crippen LogP contribution in [-0.2, 0) is 21.7 Å². The molecule has 34 heavy (non-hydrogen) atoms. The van der Waals surface area contributed by atoms with Gasteiger partial charge in [0.2, 0.25) is 5.91 Å². The van der Waals surface area contributed by atoms with Gasteiger partial charge in [-0.05, 0) is 43.0 Å². The lowest BCUT2D eigenvalue weighted by Gasteiger charge is -2.31. The Kier molecular flexibility index (Phi) is 6.88. The Morgan fingerprint density at radius 1 is 1.24 bits per heavy atom. The van der Waals surface area contributed by atoms with E-state index in [1.807, 2.05) is 11.6 Å². The number of rotatable bonds is 5. The molecule has 0 radical (unpaired) electrons. The van der Waals surface area contributed by atoms with Crippen LogP contribution in [0.25, 0.3) is 10.9 Å². The largest absolute Gasteiger partial charge is 0.464 e. The molecule has 0 atom stereocenters. The second-order valence-corrected chi connectivity index (χ2v) is 11.8. The van der Waals surface area contributed by atoms with Gasteiger partial charge in [-0.1, -0.05) is 11.6 Å². The Morgan fingerprint density at radius 2 is 1.94 bits per heavy atom. The van der Waals surface area contributed by atoms with Crippen LogP contribution in [0.4, 0.5) is 4.79 Å². The van der Waals surface area contributed by atoms with E-state index in [0.717, 1.165) is 22.2 Å². The van der Waals surface area contributed by atoms with Gasteiger partial charge in [-0.3, -0.25) is 9.79 Å². The molecular weight excluding hydrogens is 500 g/mol. The Bertz CT molecular complexity index is 1430. The highest BCUT2D eigenvalue weighted by Crippen LogP contribution is 2.30. The van der Waals surface area contributed by atoms with Crippen LogP contribution in [0.1, 0.15) is 30.1 Å². The van der Waals surface area contributed by atoms with Gasteiger partial charge >= 0.3 is 6.09 Å². The summed E-state index contributed by atoms with van der Waals surface area (Å²) in [5.41, 5.74) is 0.227. The fourth-order valence-electron chi connectivity index (χ4n) is 4.33. The highest BCUT2D eigenvalue weighted by molar-refractivity contribution is 7.91. The Balaban J connectivity index is 1.43. The van der Waals surface area contributed by atoms with Crippen molar-refractivity contribution in [2.24, 2.45) is 12.0 Å². The van der Waals surface area contributed by atoms with Crippen LogP contribution in [0, 0.1) is 0 Å². The number of carbonyl (C=O) groups excluding carboxylic acids is 1. The van der Waals surface area contributed by atoms with E-state index in [0.29, 0.717) is 29.4 Å². The highest BCUT2D eigenvalue weighted by atomic mass is 35.5. The van der Waals surface area contributed by atoms with Gasteiger partial charge in [0.05, 0.1) is 11.3 Å². The van der Waals surface area contributed by atoms with E-state index in [2.05, 4.69) is 11.2 Å². The lowest BCUT2D eigenvalue weighted by atomic mass is 9.95. The van der Waals surface area contributed by atoms with Crippen molar-refractivity contribution in [3.05, 3.63) is 45.2 Å². The maximum atomic E-state index is 13.0. The molecule has 0 spiro atoms. The molecule has 1 amide bonds. The zero-order valence-electron chi connectivity index (χ0n) is 18.8. The molecule has 1 aromatic carbocycles. The molecule has 0 unspecified atom stereocenters. The molecule has 1 N–H and O–H groups in total. The van der Waals surface area contributed by atoms with Gasteiger partial charge in [0.25, 0.3) is 0 Å². The SMILES string of the molecule is C/N=c1\sc(C2CCN(C(=O)CCS(=O)(=O)c3cc4cc(Cl)ccc4n3C(=O)O)CC2)cn1C. The third-order valence-electron chi connectivity index (χ3n) is 6.10. The number of amides is 1. The summed E-state index contributed by atoms with van der Waals surface area (Å²) in [6.45, 7) is 1.11. The molecule has 0 aliphatic carbocycles. The van der Waals surface area contributed by atoms with Crippen LogP contribution in [-0.4, -0.2) is 65.4 Å². The zero-order valence-corrected chi connectivity index (χ0v) is 21.2. The maximum absolute atomic E-state index is 13.0. The molecule has 0 bridgehead atoms. The number of benzene rings is 1. The predicted molar refractivity (Wildman–Crippen MR) is 130 cm³/mol. The second kappa shape index (κ2) is 9.55. The molecule has 3 heterocycles. The summed E-state index contributed by atoms with van der Waals surface area (Å²) < 4.78 is 28.7. The number of thiazole rings is 1. The van der Waals surface area contributed by atoms with E-state index in [1.165, 1.54) is 29.1 Å². The lowest BCUT2D eigenvalue weighted by molar-refractivity contribution is -0.131. The summed E-state index contributed by atoms with van der Waals surface area (Å²) >= 11 is 7.61. The number of likely N-dealkylation sites (tertiary alicyclic amines) is 1. The van der Waals surface area contributed by atoms with Crippen LogP contribution < -0.4 is 4.80 Å². The first-order chi connectivity index (χ1) is 16.1. The summed E-state index contributed by atoms with van der Waals surface area (Å²) in [4.78, 5) is 32.7. The lowest BCUT2D eigenvalue weighted by Crippen LogP contribution is -2.38. The Labute approximate surface area is 205 Å². The fourth-order valence-corrected chi connectivity index (χ4v) is 7.03. The maximum Gasteiger partial charge on any atom is 0.417 e. The smallest absolute Gasteiger partial charge is 0.417 e. The number of carbonyl (C=O) groups is 2. The van der Waals surface area contributed by atoms with Crippen LogP contribution in [0.5, 0.6) is 0 Å². The number of aromatic nitrogens is 2. The molecule has 1 saturated heterocycles. The van der Waals surface area contributed by atoms with Crippen molar-refractivity contribution in [3.8, 4) is 0 Å². The predicted octanol–water partition coefficient (Wildman–Crippen LogP) is 3.32. The van der Waals surface area contributed by atoms with Gasteiger partial charge in [-0.2, -0.15) is 0 Å². The minimum atomic E-state index is -4.02. The number of carboxylic acid groups (broad SMARTS) is 1. The van der Waals surface area contributed by atoms with Gasteiger partial charge in [0, 0.05) is 55.1 Å². The van der Waals surface area contributed by atoms with Gasteiger partial charge in [-0.25, -0.2) is 17.8 Å². The third kappa shape index (κ3) is 4.77. The molecule has 0 saturated carbocycles. The molecular formula is C22H25ClN4O5S2. The number of sulfone groups is 1. The van der Waals surface area contributed by atoms with Gasteiger partial charge in [0.15, 0.2) is 14.6 Å². The molecule has 2 aromatic heterocycles. The van der Waals surface area contributed by atoms with E-state index in [9.17, 15) is 23.1 Å². The van der Waals surface area contributed by atoms with Crippen LogP contribution in [0.15, 0.2) is 40.5 Å². The van der Waals surface area contributed by atoms with E-state index in [1.54, 1.807) is 23.3 Å². The number of halogens is 1. The van der Waals surface area contributed by atoms with Crippen molar-refractivity contribution in [3.63, 3.8) is 0 Å². The third-order valence-corrected chi connectivity index (χ3v) is 9.34. The summed E-state index contributed by atoms with van der Waals surface area (Å²) in [6, 6.07) is 5.76. The molecule has 1 aliphatic rings. The molecule has 182 valence electrons. The van der Waals surface area contributed by atoms with Crippen molar-refractivity contribution in [1.82, 2.24) is 14.0 Å². The van der Waals surface area contributed by atoms with Crippen molar-refractivity contribution in [2.45, 2.75) is 30.2 Å². The quantitative estimate of drug-likeness (QED) is 0.550. The van der Waals surface area contributed by atoms with E-state index in [-0.39, 0.29) is 22.9 Å². The number of hydrogen-bond donors (Lipinski definition) is 1. The van der Waals surface area contributed by atoms with Crippen molar-refractivity contribution >= 4 is 55.7 Å². The summed E-state index contributed by atoms with van der Waals surface area (Å²) in [5, 5.41) is 10.0. The normalized spacial score (nSPS) is 15.9. The number of nitrogens with zero attached hydrogens (tertiary/aromatic N) is 4. The molecule has 4 rings (SSSR count). The molecule has 9 nitrogen and oxygen atoms in total. The topological polar surface area (TPSA) is 114 Å². The standard InChI is InChI=1S/C22H25ClN4O5S2/c1-24-21-25(2)13-18(33-21)14-5-8-26(9-6-14)19(28)7-10-34(31,32)20-12-15-11-16(23)3-4-17(15)27(20)22(29)30/h3-4,11-14H,5-10H2,1-2H3,(H,29,30)/b24-21-. The fraction of sp³-hybridized carbons (Fsp3) is 0.409. The molecule has 1 aliphatic heterocycles.